The Morgan fingerprint density at radius 3 is 2.78 bits per heavy atom. The minimum atomic E-state index is -0.162. The normalized spacial score (nSPS) is 11.9. The molecule has 0 aliphatic carbocycles. The number of hydrogen-bond donors (Lipinski definition) is 3. The quantitative estimate of drug-likeness (QED) is 0.736. The molecule has 0 bridgehead atoms. The first-order valence-corrected chi connectivity index (χ1v) is 7.17. The molecule has 1 unspecified atom stereocenters. The van der Waals surface area contributed by atoms with Crippen molar-refractivity contribution >= 4 is 17.8 Å². The number of benzene rings is 1. The van der Waals surface area contributed by atoms with E-state index in [-0.39, 0.29) is 12.6 Å². The van der Waals surface area contributed by atoms with E-state index in [1.807, 2.05) is 30.5 Å². The van der Waals surface area contributed by atoms with Crippen molar-refractivity contribution in [1.29, 1.82) is 0 Å². The van der Waals surface area contributed by atoms with Crippen LogP contribution in [-0.2, 0) is 13.2 Å². The van der Waals surface area contributed by atoms with Gasteiger partial charge in [-0.15, -0.1) is 0 Å². The number of carbonyl (C=O) groups is 1. The van der Waals surface area contributed by atoms with Crippen molar-refractivity contribution in [2.24, 2.45) is 0 Å². The number of thioether (sulfide) groups is 1. The van der Waals surface area contributed by atoms with Crippen LogP contribution in [0.1, 0.15) is 18.1 Å². The average molecular weight is 268 g/mol. The van der Waals surface area contributed by atoms with Gasteiger partial charge in [0, 0.05) is 18.3 Å². The first kappa shape index (κ1) is 14.9. The van der Waals surface area contributed by atoms with Gasteiger partial charge in [0.15, 0.2) is 0 Å². The highest BCUT2D eigenvalue weighted by molar-refractivity contribution is 7.99. The van der Waals surface area contributed by atoms with Crippen LogP contribution in [0.4, 0.5) is 4.79 Å². The lowest BCUT2D eigenvalue weighted by atomic mass is 10.1. The van der Waals surface area contributed by atoms with Gasteiger partial charge in [-0.1, -0.05) is 31.2 Å². The molecule has 0 saturated carbocycles. The summed E-state index contributed by atoms with van der Waals surface area (Å²) in [4.78, 5) is 11.5. The van der Waals surface area contributed by atoms with E-state index in [0.29, 0.717) is 18.3 Å². The van der Waals surface area contributed by atoms with Crippen molar-refractivity contribution in [3.05, 3.63) is 35.4 Å². The van der Waals surface area contributed by atoms with Gasteiger partial charge in [0.25, 0.3) is 0 Å². The lowest BCUT2D eigenvalue weighted by Gasteiger charge is -2.11. The zero-order valence-electron chi connectivity index (χ0n) is 10.8. The van der Waals surface area contributed by atoms with Gasteiger partial charge >= 0.3 is 6.03 Å². The predicted molar refractivity (Wildman–Crippen MR) is 75.6 cm³/mol. The van der Waals surface area contributed by atoms with Crippen molar-refractivity contribution in [3.63, 3.8) is 0 Å². The summed E-state index contributed by atoms with van der Waals surface area (Å²) in [6.07, 6.45) is 2.02. The standard InChI is InChI=1S/C13H20N2O2S/c1-10(18-2)7-14-13(17)15-8-11-4-3-5-12(6-11)9-16/h3-6,10,16H,7-9H2,1-2H3,(H2,14,15,17). The van der Waals surface area contributed by atoms with Gasteiger partial charge in [0.05, 0.1) is 6.61 Å². The zero-order chi connectivity index (χ0) is 13.4. The van der Waals surface area contributed by atoms with Gasteiger partial charge < -0.3 is 15.7 Å². The molecule has 18 heavy (non-hydrogen) atoms. The summed E-state index contributed by atoms with van der Waals surface area (Å²) >= 11 is 1.72. The van der Waals surface area contributed by atoms with E-state index < -0.39 is 0 Å². The van der Waals surface area contributed by atoms with Crippen LogP contribution in [0.5, 0.6) is 0 Å². The number of urea groups is 1. The van der Waals surface area contributed by atoms with E-state index in [2.05, 4.69) is 17.6 Å². The minimum absolute atomic E-state index is 0.0191. The van der Waals surface area contributed by atoms with Crippen LogP contribution in [0.2, 0.25) is 0 Å². The zero-order valence-corrected chi connectivity index (χ0v) is 11.6. The first-order valence-electron chi connectivity index (χ1n) is 5.89. The smallest absolute Gasteiger partial charge is 0.315 e. The monoisotopic (exact) mass is 268 g/mol. The van der Waals surface area contributed by atoms with E-state index in [9.17, 15) is 4.79 Å². The Morgan fingerprint density at radius 1 is 1.39 bits per heavy atom. The molecule has 1 rings (SSSR count). The van der Waals surface area contributed by atoms with Crippen LogP contribution in [0.3, 0.4) is 0 Å². The molecule has 100 valence electrons. The number of hydrogen-bond acceptors (Lipinski definition) is 3. The summed E-state index contributed by atoms with van der Waals surface area (Å²) in [7, 11) is 0. The molecule has 0 aliphatic rings. The highest BCUT2D eigenvalue weighted by Gasteiger charge is 2.03. The fourth-order valence-corrected chi connectivity index (χ4v) is 1.65. The van der Waals surface area contributed by atoms with Crippen molar-refractivity contribution in [2.45, 2.75) is 25.3 Å². The Hall–Kier alpha value is -1.20. The molecule has 0 spiro atoms. The first-order chi connectivity index (χ1) is 8.65. The maximum atomic E-state index is 11.5. The van der Waals surface area contributed by atoms with Crippen LogP contribution in [0.15, 0.2) is 24.3 Å². The largest absolute Gasteiger partial charge is 0.392 e. The number of rotatable bonds is 6. The number of aliphatic hydroxyl groups excluding tert-OH is 1. The van der Waals surface area contributed by atoms with Gasteiger partial charge in [-0.05, 0) is 17.4 Å². The van der Waals surface area contributed by atoms with E-state index in [4.69, 9.17) is 5.11 Å². The van der Waals surface area contributed by atoms with E-state index in [1.54, 1.807) is 11.8 Å². The summed E-state index contributed by atoms with van der Waals surface area (Å²) < 4.78 is 0. The Labute approximate surface area is 112 Å². The molecule has 1 aromatic carbocycles. The molecule has 4 nitrogen and oxygen atoms in total. The molecule has 0 aliphatic heterocycles. The van der Waals surface area contributed by atoms with Crippen LogP contribution in [0.25, 0.3) is 0 Å². The lowest BCUT2D eigenvalue weighted by Crippen LogP contribution is -2.38. The van der Waals surface area contributed by atoms with Gasteiger partial charge in [-0.25, -0.2) is 4.79 Å². The van der Waals surface area contributed by atoms with Crippen molar-refractivity contribution in [3.8, 4) is 0 Å². The molecule has 0 fully saturated rings. The maximum absolute atomic E-state index is 11.5. The number of aliphatic hydroxyl groups is 1. The van der Waals surface area contributed by atoms with Crippen LogP contribution < -0.4 is 10.6 Å². The van der Waals surface area contributed by atoms with Crippen LogP contribution in [-0.4, -0.2) is 29.2 Å². The number of amides is 2. The molecule has 1 aromatic rings. The molecule has 0 radical (unpaired) electrons. The Morgan fingerprint density at radius 2 is 2.11 bits per heavy atom. The minimum Gasteiger partial charge on any atom is -0.392 e. The summed E-state index contributed by atoms with van der Waals surface area (Å²) in [6.45, 7) is 3.21. The molecule has 0 saturated heterocycles. The number of carbonyl (C=O) groups excluding carboxylic acids is 1. The molecular weight excluding hydrogens is 248 g/mol. The number of nitrogens with one attached hydrogen (secondary N) is 2. The average Bonchev–Trinajstić information content (AvgIpc) is 2.42. The van der Waals surface area contributed by atoms with Gasteiger partial charge in [0.1, 0.15) is 0 Å². The Kier molecular flexibility index (Phi) is 6.60. The summed E-state index contributed by atoms with van der Waals surface area (Å²) in [5.41, 5.74) is 1.83. The Balaban J connectivity index is 2.33. The Bertz CT molecular complexity index is 385. The molecule has 2 amide bonds. The van der Waals surface area contributed by atoms with Crippen LogP contribution in [0, 0.1) is 0 Å². The van der Waals surface area contributed by atoms with Gasteiger partial charge in [0.2, 0.25) is 0 Å². The fourth-order valence-electron chi connectivity index (χ4n) is 1.40. The SMILES string of the molecule is CSC(C)CNC(=O)NCc1cccc(CO)c1. The summed E-state index contributed by atoms with van der Waals surface area (Å²) in [5, 5.41) is 15.0. The van der Waals surface area contributed by atoms with E-state index in [1.165, 1.54) is 0 Å². The second-order valence-corrected chi connectivity index (χ2v) is 5.36. The topological polar surface area (TPSA) is 61.4 Å². The second-order valence-electron chi connectivity index (χ2n) is 4.09. The molecule has 3 N–H and O–H groups in total. The molecule has 1 atom stereocenters. The summed E-state index contributed by atoms with van der Waals surface area (Å²) in [5.74, 6) is 0. The van der Waals surface area contributed by atoms with E-state index in [0.717, 1.165) is 11.1 Å². The predicted octanol–water partition coefficient (Wildman–Crippen LogP) is 1.73. The molecular formula is C13H20N2O2S. The third-order valence-electron chi connectivity index (χ3n) is 2.58. The summed E-state index contributed by atoms with van der Waals surface area (Å²) in [6, 6.07) is 7.36. The highest BCUT2D eigenvalue weighted by atomic mass is 32.2. The van der Waals surface area contributed by atoms with Crippen molar-refractivity contribution in [1.82, 2.24) is 10.6 Å². The maximum Gasteiger partial charge on any atom is 0.315 e. The van der Waals surface area contributed by atoms with Gasteiger partial charge in [-0.3, -0.25) is 0 Å². The molecule has 0 heterocycles. The highest BCUT2D eigenvalue weighted by Crippen LogP contribution is 2.05. The molecule has 0 aromatic heterocycles. The molecule has 5 heteroatoms. The van der Waals surface area contributed by atoms with E-state index >= 15 is 0 Å². The fraction of sp³-hybridized carbons (Fsp3) is 0.462. The van der Waals surface area contributed by atoms with Crippen LogP contribution >= 0.6 is 11.8 Å². The third-order valence-corrected chi connectivity index (χ3v) is 3.55. The lowest BCUT2D eigenvalue weighted by molar-refractivity contribution is 0.240. The van der Waals surface area contributed by atoms with Crippen molar-refractivity contribution in [2.75, 3.05) is 12.8 Å². The second kappa shape index (κ2) is 8.00. The van der Waals surface area contributed by atoms with Gasteiger partial charge in [-0.2, -0.15) is 11.8 Å². The third kappa shape index (κ3) is 5.42. The van der Waals surface area contributed by atoms with Crippen molar-refractivity contribution < 1.29 is 9.90 Å².